The SMILES string of the molecule is COc1ccccc1C(=O)N1[C@H](C(=O)[O-])C[C@H]2CCCC[C@@H]21. The zero-order chi connectivity index (χ0) is 15.7. The van der Waals surface area contributed by atoms with Crippen molar-refractivity contribution in [2.45, 2.75) is 44.2 Å². The second kappa shape index (κ2) is 5.99. The number of carboxylic acid groups (broad SMARTS) is 1. The molecule has 0 spiro atoms. The van der Waals surface area contributed by atoms with Crippen molar-refractivity contribution >= 4 is 11.9 Å². The number of hydrogen-bond donors (Lipinski definition) is 0. The smallest absolute Gasteiger partial charge is 0.258 e. The van der Waals surface area contributed by atoms with E-state index in [1.807, 2.05) is 0 Å². The Morgan fingerprint density at radius 1 is 1.23 bits per heavy atom. The molecule has 1 amide bonds. The van der Waals surface area contributed by atoms with E-state index in [4.69, 9.17) is 4.74 Å². The standard InChI is InChI=1S/C17H21NO4/c1-22-15-9-5-3-7-12(15)16(19)18-13-8-4-2-6-11(13)10-14(18)17(20)21/h3,5,7,9,11,13-14H,2,4,6,8,10H2,1H3,(H,20,21)/p-1/t11-,13+,14+/m1/s1. The Bertz CT molecular complexity index is 586. The summed E-state index contributed by atoms with van der Waals surface area (Å²) in [5.41, 5.74) is 0.419. The molecule has 118 valence electrons. The Balaban J connectivity index is 1.95. The first-order valence-electron chi connectivity index (χ1n) is 7.80. The number of nitrogens with zero attached hydrogens (tertiary/aromatic N) is 1. The number of fused-ring (bicyclic) bond motifs is 1. The average Bonchev–Trinajstić information content (AvgIpc) is 2.94. The number of methoxy groups -OCH3 is 1. The molecule has 0 bridgehead atoms. The Kier molecular flexibility index (Phi) is 4.05. The Morgan fingerprint density at radius 3 is 2.68 bits per heavy atom. The topological polar surface area (TPSA) is 69.7 Å². The maximum Gasteiger partial charge on any atom is 0.258 e. The van der Waals surface area contributed by atoms with Gasteiger partial charge in [0.25, 0.3) is 5.91 Å². The van der Waals surface area contributed by atoms with Crippen LogP contribution < -0.4 is 9.84 Å². The maximum absolute atomic E-state index is 13.0. The van der Waals surface area contributed by atoms with E-state index in [0.29, 0.717) is 17.7 Å². The van der Waals surface area contributed by atoms with Crippen molar-refractivity contribution in [2.75, 3.05) is 7.11 Å². The lowest BCUT2D eigenvalue weighted by atomic mass is 9.84. The van der Waals surface area contributed by atoms with Crippen LogP contribution in [0, 0.1) is 5.92 Å². The number of hydrogen-bond acceptors (Lipinski definition) is 4. The first-order valence-corrected chi connectivity index (χ1v) is 7.80. The van der Waals surface area contributed by atoms with Gasteiger partial charge in [0.05, 0.1) is 24.7 Å². The van der Waals surface area contributed by atoms with Crippen molar-refractivity contribution in [1.29, 1.82) is 0 Å². The minimum absolute atomic E-state index is 0.00839. The number of benzene rings is 1. The Hall–Kier alpha value is -2.04. The summed E-state index contributed by atoms with van der Waals surface area (Å²) in [5, 5.41) is 11.5. The summed E-state index contributed by atoms with van der Waals surface area (Å²) in [6, 6.07) is 6.14. The molecule has 1 aliphatic carbocycles. The van der Waals surface area contributed by atoms with Gasteiger partial charge in [0.15, 0.2) is 0 Å². The molecule has 2 aliphatic rings. The van der Waals surface area contributed by atoms with E-state index in [1.54, 1.807) is 24.3 Å². The van der Waals surface area contributed by atoms with Crippen LogP contribution in [-0.4, -0.2) is 36.0 Å². The minimum Gasteiger partial charge on any atom is -0.548 e. The fourth-order valence-electron chi connectivity index (χ4n) is 3.92. The van der Waals surface area contributed by atoms with E-state index in [2.05, 4.69) is 0 Å². The summed E-state index contributed by atoms with van der Waals surface area (Å²) in [5.74, 6) is -0.669. The maximum atomic E-state index is 13.0. The van der Waals surface area contributed by atoms with Gasteiger partial charge in [-0.1, -0.05) is 25.0 Å². The van der Waals surface area contributed by atoms with Crippen molar-refractivity contribution in [3.63, 3.8) is 0 Å². The van der Waals surface area contributed by atoms with Gasteiger partial charge in [0, 0.05) is 6.04 Å². The van der Waals surface area contributed by atoms with Crippen LogP contribution in [0.5, 0.6) is 5.75 Å². The molecule has 5 heteroatoms. The number of carboxylic acids is 1. The summed E-state index contributed by atoms with van der Waals surface area (Å²) in [6.45, 7) is 0. The van der Waals surface area contributed by atoms with Gasteiger partial charge >= 0.3 is 0 Å². The van der Waals surface area contributed by atoms with E-state index < -0.39 is 12.0 Å². The van der Waals surface area contributed by atoms with Gasteiger partial charge in [0.2, 0.25) is 0 Å². The highest BCUT2D eigenvalue weighted by molar-refractivity contribution is 5.99. The Morgan fingerprint density at radius 2 is 1.95 bits per heavy atom. The highest BCUT2D eigenvalue weighted by Crippen LogP contribution is 2.40. The molecular formula is C17H20NO4-. The molecule has 1 aromatic carbocycles. The number of para-hydroxylation sites is 1. The molecule has 1 saturated heterocycles. The third kappa shape index (κ3) is 2.45. The van der Waals surface area contributed by atoms with Gasteiger partial charge in [-0.15, -0.1) is 0 Å². The highest BCUT2D eigenvalue weighted by atomic mass is 16.5. The fourth-order valence-corrected chi connectivity index (χ4v) is 3.92. The normalized spacial score (nSPS) is 27.3. The van der Waals surface area contributed by atoms with Crippen LogP contribution in [0.4, 0.5) is 0 Å². The fraction of sp³-hybridized carbons (Fsp3) is 0.529. The van der Waals surface area contributed by atoms with Crippen molar-refractivity contribution in [2.24, 2.45) is 5.92 Å². The van der Waals surface area contributed by atoms with Crippen molar-refractivity contribution in [3.05, 3.63) is 29.8 Å². The first kappa shape index (κ1) is 14.9. The number of likely N-dealkylation sites (tertiary alicyclic amines) is 1. The molecule has 1 aromatic rings. The number of carbonyl (C=O) groups excluding carboxylic acids is 2. The van der Waals surface area contributed by atoms with Gasteiger partial charge in [-0.25, -0.2) is 0 Å². The minimum atomic E-state index is -1.15. The number of carbonyl (C=O) groups is 2. The summed E-state index contributed by atoms with van der Waals surface area (Å²) in [4.78, 5) is 26.0. The summed E-state index contributed by atoms with van der Waals surface area (Å²) in [6.07, 6.45) is 4.52. The summed E-state index contributed by atoms with van der Waals surface area (Å²) < 4.78 is 5.25. The molecule has 5 nitrogen and oxygen atoms in total. The van der Waals surface area contributed by atoms with Crippen LogP contribution >= 0.6 is 0 Å². The Labute approximate surface area is 129 Å². The highest BCUT2D eigenvalue weighted by Gasteiger charge is 2.45. The van der Waals surface area contributed by atoms with Crippen LogP contribution in [0.2, 0.25) is 0 Å². The van der Waals surface area contributed by atoms with Crippen LogP contribution in [0.15, 0.2) is 24.3 Å². The van der Waals surface area contributed by atoms with E-state index in [1.165, 1.54) is 12.0 Å². The van der Waals surface area contributed by atoms with Crippen molar-refractivity contribution in [3.8, 4) is 5.75 Å². The van der Waals surface area contributed by atoms with E-state index in [0.717, 1.165) is 25.7 Å². The molecule has 1 heterocycles. The molecule has 0 radical (unpaired) electrons. The molecule has 2 fully saturated rings. The lowest BCUT2D eigenvalue weighted by molar-refractivity contribution is -0.310. The predicted octanol–water partition coefficient (Wildman–Crippen LogP) is 1.22. The van der Waals surface area contributed by atoms with Crippen molar-refractivity contribution < 1.29 is 19.4 Å². The van der Waals surface area contributed by atoms with E-state index >= 15 is 0 Å². The molecule has 3 atom stereocenters. The van der Waals surface area contributed by atoms with Crippen LogP contribution in [0.1, 0.15) is 42.5 Å². The predicted molar refractivity (Wildman–Crippen MR) is 78.3 cm³/mol. The van der Waals surface area contributed by atoms with E-state index in [-0.39, 0.29) is 17.9 Å². The summed E-state index contributed by atoms with van der Waals surface area (Å²) >= 11 is 0. The zero-order valence-electron chi connectivity index (χ0n) is 12.7. The average molecular weight is 302 g/mol. The van der Waals surface area contributed by atoms with Crippen LogP contribution in [0.25, 0.3) is 0 Å². The first-order chi connectivity index (χ1) is 10.6. The van der Waals surface area contributed by atoms with Crippen molar-refractivity contribution in [1.82, 2.24) is 4.90 Å². The third-order valence-electron chi connectivity index (χ3n) is 4.93. The second-order valence-corrected chi connectivity index (χ2v) is 6.10. The lowest BCUT2D eigenvalue weighted by Gasteiger charge is -2.34. The van der Waals surface area contributed by atoms with Crippen LogP contribution in [0.3, 0.4) is 0 Å². The monoisotopic (exact) mass is 302 g/mol. The molecule has 22 heavy (non-hydrogen) atoms. The number of aliphatic carboxylic acids is 1. The van der Waals surface area contributed by atoms with Gasteiger partial charge < -0.3 is 19.5 Å². The number of ether oxygens (including phenoxy) is 1. The van der Waals surface area contributed by atoms with Gasteiger partial charge in [-0.2, -0.15) is 0 Å². The molecule has 1 aliphatic heterocycles. The molecule has 0 aromatic heterocycles. The van der Waals surface area contributed by atoms with Gasteiger partial charge in [-0.3, -0.25) is 4.79 Å². The zero-order valence-corrected chi connectivity index (χ0v) is 12.7. The largest absolute Gasteiger partial charge is 0.548 e. The van der Waals surface area contributed by atoms with Gasteiger partial charge in [-0.05, 0) is 37.3 Å². The number of rotatable bonds is 3. The second-order valence-electron chi connectivity index (χ2n) is 6.10. The van der Waals surface area contributed by atoms with Gasteiger partial charge in [0.1, 0.15) is 5.75 Å². The lowest BCUT2D eigenvalue weighted by Crippen LogP contribution is -2.50. The van der Waals surface area contributed by atoms with E-state index in [9.17, 15) is 14.7 Å². The third-order valence-corrected chi connectivity index (χ3v) is 4.93. The molecule has 1 saturated carbocycles. The molecule has 0 unspecified atom stereocenters. The quantitative estimate of drug-likeness (QED) is 0.842. The number of amides is 1. The molecule has 3 rings (SSSR count). The summed E-state index contributed by atoms with van der Waals surface area (Å²) in [7, 11) is 1.51. The molecular weight excluding hydrogens is 282 g/mol. The molecule has 0 N–H and O–H groups in total. The van der Waals surface area contributed by atoms with Crippen LogP contribution in [-0.2, 0) is 4.79 Å².